The standard InChI is InChI=1S/C18H21N3O2/c1-12-3-6-15(7-4-12)19-17(22)11-21-18(23)10-14-9-13(2)5-8-16(14)20-21/h3-4,6-7,10,13H,5,8-9,11H2,1-2H3,(H,19,22)/t13-/m0/s1. The Morgan fingerprint density at radius 3 is 2.83 bits per heavy atom. The monoisotopic (exact) mass is 311 g/mol. The molecule has 1 atom stereocenters. The highest BCUT2D eigenvalue weighted by Crippen LogP contribution is 2.22. The Balaban J connectivity index is 1.73. The van der Waals surface area contributed by atoms with Crippen LogP contribution >= 0.6 is 0 Å². The van der Waals surface area contributed by atoms with Crippen molar-refractivity contribution < 1.29 is 4.79 Å². The molecule has 2 aromatic rings. The van der Waals surface area contributed by atoms with Gasteiger partial charge in [-0.25, -0.2) is 4.68 Å². The fourth-order valence-electron chi connectivity index (χ4n) is 2.90. The van der Waals surface area contributed by atoms with Crippen LogP contribution in [-0.4, -0.2) is 15.7 Å². The molecule has 5 nitrogen and oxygen atoms in total. The van der Waals surface area contributed by atoms with E-state index < -0.39 is 0 Å². The summed E-state index contributed by atoms with van der Waals surface area (Å²) in [6, 6.07) is 9.19. The Kier molecular flexibility index (Phi) is 4.28. The van der Waals surface area contributed by atoms with E-state index in [0.29, 0.717) is 5.92 Å². The number of anilines is 1. The smallest absolute Gasteiger partial charge is 0.267 e. The number of fused-ring (bicyclic) bond motifs is 1. The molecule has 120 valence electrons. The number of nitrogens with one attached hydrogen (secondary N) is 1. The zero-order valence-electron chi connectivity index (χ0n) is 13.5. The highest BCUT2D eigenvalue weighted by Gasteiger charge is 2.18. The number of benzene rings is 1. The summed E-state index contributed by atoms with van der Waals surface area (Å²) in [6.45, 7) is 4.11. The van der Waals surface area contributed by atoms with Gasteiger partial charge in [-0.15, -0.1) is 0 Å². The molecule has 3 rings (SSSR count). The van der Waals surface area contributed by atoms with Crippen LogP contribution in [0.15, 0.2) is 35.1 Å². The predicted octanol–water partition coefficient (Wildman–Crippen LogP) is 2.32. The van der Waals surface area contributed by atoms with Crippen LogP contribution in [0.5, 0.6) is 0 Å². The van der Waals surface area contributed by atoms with Gasteiger partial charge in [0, 0.05) is 11.8 Å². The first-order valence-corrected chi connectivity index (χ1v) is 7.97. The highest BCUT2D eigenvalue weighted by molar-refractivity contribution is 5.90. The molecule has 0 bridgehead atoms. The van der Waals surface area contributed by atoms with Crippen LogP contribution in [0.2, 0.25) is 0 Å². The van der Waals surface area contributed by atoms with Crippen LogP contribution in [0, 0.1) is 12.8 Å². The van der Waals surface area contributed by atoms with Crippen molar-refractivity contribution in [1.82, 2.24) is 9.78 Å². The lowest BCUT2D eigenvalue weighted by Gasteiger charge is -2.20. The van der Waals surface area contributed by atoms with E-state index in [2.05, 4.69) is 17.3 Å². The summed E-state index contributed by atoms with van der Waals surface area (Å²) in [4.78, 5) is 24.3. The van der Waals surface area contributed by atoms with Gasteiger partial charge in [-0.3, -0.25) is 9.59 Å². The van der Waals surface area contributed by atoms with Gasteiger partial charge in [0.2, 0.25) is 5.91 Å². The minimum Gasteiger partial charge on any atom is -0.324 e. The van der Waals surface area contributed by atoms with Crippen molar-refractivity contribution in [3.05, 3.63) is 57.5 Å². The van der Waals surface area contributed by atoms with Crippen LogP contribution in [0.4, 0.5) is 5.69 Å². The topological polar surface area (TPSA) is 64.0 Å². The highest BCUT2D eigenvalue weighted by atomic mass is 16.2. The minimum atomic E-state index is -0.243. The molecule has 23 heavy (non-hydrogen) atoms. The summed E-state index contributed by atoms with van der Waals surface area (Å²) in [5, 5.41) is 7.18. The average molecular weight is 311 g/mol. The second kappa shape index (κ2) is 6.36. The number of rotatable bonds is 3. The number of amides is 1. The molecular weight excluding hydrogens is 290 g/mol. The molecule has 0 fully saturated rings. The molecule has 1 aliphatic rings. The van der Waals surface area contributed by atoms with Gasteiger partial charge in [0.15, 0.2) is 0 Å². The van der Waals surface area contributed by atoms with E-state index in [4.69, 9.17) is 0 Å². The third kappa shape index (κ3) is 3.67. The van der Waals surface area contributed by atoms with E-state index in [1.807, 2.05) is 31.2 Å². The molecule has 0 aliphatic heterocycles. The Labute approximate surface area is 135 Å². The number of aromatic nitrogens is 2. The SMILES string of the molecule is Cc1ccc(NC(=O)Cn2nc3c(cc2=O)C[C@@H](C)CC3)cc1. The Hall–Kier alpha value is -2.43. The van der Waals surface area contributed by atoms with E-state index in [9.17, 15) is 9.59 Å². The summed E-state index contributed by atoms with van der Waals surface area (Å²) >= 11 is 0. The zero-order chi connectivity index (χ0) is 16.4. The first kappa shape index (κ1) is 15.5. The lowest BCUT2D eigenvalue weighted by molar-refractivity contribution is -0.117. The largest absolute Gasteiger partial charge is 0.324 e. The molecule has 0 radical (unpaired) electrons. The number of hydrogen-bond donors (Lipinski definition) is 1. The van der Waals surface area contributed by atoms with Crippen molar-refractivity contribution in [3.8, 4) is 0 Å². The normalized spacial score (nSPS) is 16.7. The van der Waals surface area contributed by atoms with Crippen LogP contribution in [0.3, 0.4) is 0 Å². The molecule has 0 spiro atoms. The predicted molar refractivity (Wildman–Crippen MR) is 89.5 cm³/mol. The Morgan fingerprint density at radius 1 is 1.35 bits per heavy atom. The van der Waals surface area contributed by atoms with Crippen LogP contribution in [-0.2, 0) is 24.2 Å². The van der Waals surface area contributed by atoms with E-state index in [-0.39, 0.29) is 18.0 Å². The van der Waals surface area contributed by atoms with Gasteiger partial charge in [0.05, 0.1) is 5.69 Å². The number of carbonyl (C=O) groups excluding carboxylic acids is 1. The van der Waals surface area contributed by atoms with Gasteiger partial charge in [0.25, 0.3) is 5.56 Å². The number of nitrogens with zero attached hydrogens (tertiary/aromatic N) is 2. The molecular formula is C18H21N3O2. The summed E-state index contributed by atoms with van der Waals surface area (Å²) in [6.07, 6.45) is 2.85. The second-order valence-electron chi connectivity index (χ2n) is 6.37. The van der Waals surface area contributed by atoms with Crippen molar-refractivity contribution >= 4 is 11.6 Å². The number of hydrogen-bond acceptors (Lipinski definition) is 3. The third-order valence-electron chi connectivity index (χ3n) is 4.24. The lowest BCUT2D eigenvalue weighted by Crippen LogP contribution is -2.32. The van der Waals surface area contributed by atoms with E-state index in [1.165, 1.54) is 4.68 Å². The quantitative estimate of drug-likeness (QED) is 0.946. The van der Waals surface area contributed by atoms with Crippen molar-refractivity contribution in [2.24, 2.45) is 5.92 Å². The maximum absolute atomic E-state index is 12.2. The van der Waals surface area contributed by atoms with Gasteiger partial charge in [0.1, 0.15) is 6.54 Å². The molecule has 0 saturated carbocycles. The van der Waals surface area contributed by atoms with Crippen molar-refractivity contribution in [1.29, 1.82) is 0 Å². The number of aryl methyl sites for hydroxylation is 2. The fourth-order valence-corrected chi connectivity index (χ4v) is 2.90. The maximum atomic E-state index is 12.2. The summed E-state index contributed by atoms with van der Waals surface area (Å²) < 4.78 is 1.26. The Bertz CT molecular complexity index is 778. The van der Waals surface area contributed by atoms with Crippen molar-refractivity contribution in [2.45, 2.75) is 39.7 Å². The van der Waals surface area contributed by atoms with Crippen molar-refractivity contribution in [2.75, 3.05) is 5.32 Å². The molecule has 1 aromatic heterocycles. The summed E-state index contributed by atoms with van der Waals surface area (Å²) in [7, 11) is 0. The molecule has 5 heteroatoms. The summed E-state index contributed by atoms with van der Waals surface area (Å²) in [5.74, 6) is 0.344. The van der Waals surface area contributed by atoms with Gasteiger partial charge >= 0.3 is 0 Å². The minimum absolute atomic E-state index is 0.0600. The Morgan fingerprint density at radius 2 is 2.09 bits per heavy atom. The van der Waals surface area contributed by atoms with Gasteiger partial charge < -0.3 is 5.32 Å². The second-order valence-corrected chi connectivity index (χ2v) is 6.37. The van der Waals surface area contributed by atoms with Crippen LogP contribution in [0.1, 0.15) is 30.2 Å². The molecule has 1 aliphatic carbocycles. The molecule has 1 heterocycles. The summed E-state index contributed by atoms with van der Waals surface area (Å²) in [5.41, 5.74) is 3.62. The first-order valence-electron chi connectivity index (χ1n) is 7.97. The molecule has 1 aromatic carbocycles. The van der Waals surface area contributed by atoms with Gasteiger partial charge in [-0.1, -0.05) is 24.6 Å². The zero-order valence-corrected chi connectivity index (χ0v) is 13.5. The fraction of sp³-hybridized carbons (Fsp3) is 0.389. The third-order valence-corrected chi connectivity index (χ3v) is 4.24. The van der Waals surface area contributed by atoms with Crippen LogP contribution < -0.4 is 10.9 Å². The molecule has 1 N–H and O–H groups in total. The van der Waals surface area contributed by atoms with Gasteiger partial charge in [-0.05, 0) is 49.8 Å². The molecule has 0 unspecified atom stereocenters. The molecule has 0 saturated heterocycles. The number of carbonyl (C=O) groups is 1. The van der Waals surface area contributed by atoms with E-state index in [0.717, 1.165) is 41.8 Å². The van der Waals surface area contributed by atoms with Crippen LogP contribution in [0.25, 0.3) is 0 Å². The van der Waals surface area contributed by atoms with E-state index >= 15 is 0 Å². The molecule has 1 amide bonds. The lowest BCUT2D eigenvalue weighted by atomic mass is 9.88. The van der Waals surface area contributed by atoms with E-state index in [1.54, 1.807) is 6.07 Å². The van der Waals surface area contributed by atoms with Crippen molar-refractivity contribution in [3.63, 3.8) is 0 Å². The first-order chi connectivity index (χ1) is 11.0. The average Bonchev–Trinajstić information content (AvgIpc) is 2.50. The van der Waals surface area contributed by atoms with Gasteiger partial charge in [-0.2, -0.15) is 5.10 Å². The maximum Gasteiger partial charge on any atom is 0.267 e.